The molecule has 9 heteroatoms. The molecule has 1 heterocycles. The first-order valence-electron chi connectivity index (χ1n) is 5.93. The van der Waals surface area contributed by atoms with Crippen LogP contribution in [0, 0.1) is 13.1 Å². The number of hydrogen-bond acceptors (Lipinski definition) is 4. The third kappa shape index (κ3) is 8.50. The van der Waals surface area contributed by atoms with Crippen molar-refractivity contribution in [2.45, 2.75) is 20.3 Å². The van der Waals surface area contributed by atoms with Crippen LogP contribution in [0.2, 0.25) is 0 Å². The van der Waals surface area contributed by atoms with E-state index in [2.05, 4.69) is 9.69 Å². The molecule has 1 aliphatic heterocycles. The molecule has 1 rings (SSSR count). The van der Waals surface area contributed by atoms with Crippen molar-refractivity contribution in [1.29, 1.82) is 0 Å². The fourth-order valence-electron chi connectivity index (χ4n) is 1.98. The molecule has 0 amide bonds. The Balaban J connectivity index is 0. The van der Waals surface area contributed by atoms with E-state index < -0.39 is 7.60 Å². The van der Waals surface area contributed by atoms with Gasteiger partial charge in [-0.25, -0.2) is 0 Å². The summed E-state index contributed by atoms with van der Waals surface area (Å²) in [4.78, 5) is 29.4. The molecule has 0 aliphatic carbocycles. The zero-order chi connectivity index (χ0) is 15.3. The van der Waals surface area contributed by atoms with E-state index in [-0.39, 0.29) is 121 Å². The van der Waals surface area contributed by atoms with Gasteiger partial charge in [-0.05, 0) is 38.6 Å². The monoisotopic (exact) mass is 369 g/mol. The van der Waals surface area contributed by atoms with E-state index in [1.807, 2.05) is 18.7 Å². The molecule has 0 spiro atoms. The van der Waals surface area contributed by atoms with Gasteiger partial charge in [-0.2, -0.15) is 9.69 Å². The summed E-state index contributed by atoms with van der Waals surface area (Å²) in [5.41, 5.74) is 2.19. The minimum Gasteiger partial charge on any atom is -0.811 e. The van der Waals surface area contributed by atoms with Crippen molar-refractivity contribution < 1.29 is 117 Å². The maximum atomic E-state index is 10.6. The van der Waals surface area contributed by atoms with Gasteiger partial charge in [-0.1, -0.05) is 7.60 Å². The van der Waals surface area contributed by atoms with Gasteiger partial charge in [0.05, 0.1) is 5.57 Å². The van der Waals surface area contributed by atoms with Crippen LogP contribution in [0.5, 0.6) is 0 Å². The van der Waals surface area contributed by atoms with Gasteiger partial charge in [0.1, 0.15) is 13.1 Å². The second kappa shape index (κ2) is 11.9. The van der Waals surface area contributed by atoms with Gasteiger partial charge in [0.2, 0.25) is 0 Å². The van der Waals surface area contributed by atoms with Crippen LogP contribution in [0.4, 0.5) is 0 Å². The molecular weight excluding hydrogens is 355 g/mol. The molecule has 0 aromatic rings. The Morgan fingerprint density at radius 3 is 2.00 bits per heavy atom. The van der Waals surface area contributed by atoms with E-state index >= 15 is 0 Å². The number of allylic oxidation sites excluding steroid dienone is 5. The van der Waals surface area contributed by atoms with Crippen LogP contribution in [0.1, 0.15) is 20.3 Å². The molecule has 0 aromatic carbocycles. The van der Waals surface area contributed by atoms with E-state index in [1.54, 1.807) is 12.2 Å². The molecule has 0 bridgehead atoms. The fourth-order valence-corrected chi connectivity index (χ4v) is 2.51. The molecule has 22 heavy (non-hydrogen) atoms. The molecule has 6 nitrogen and oxygen atoms in total. The summed E-state index contributed by atoms with van der Waals surface area (Å²) in [5.74, 6) is 0.00645. The van der Waals surface area contributed by atoms with Crippen molar-refractivity contribution in [3.8, 4) is 0 Å². The summed E-state index contributed by atoms with van der Waals surface area (Å²) in [6.45, 7) is 17.9. The Morgan fingerprint density at radius 2 is 1.64 bits per heavy atom. The number of hydrogen-bond donors (Lipinski definition) is 0. The third-order valence-electron chi connectivity index (χ3n) is 2.86. The average Bonchev–Trinajstić information content (AvgIpc) is 2.33. The molecule has 0 radical (unpaired) electrons. The summed E-state index contributed by atoms with van der Waals surface area (Å²) in [6, 6.07) is 0. The summed E-state index contributed by atoms with van der Waals surface area (Å²) in [5, 5.41) is 0. The molecule has 0 aromatic heterocycles. The minimum absolute atomic E-state index is 0. The summed E-state index contributed by atoms with van der Waals surface area (Å²) >= 11 is 0. The van der Waals surface area contributed by atoms with Crippen molar-refractivity contribution >= 4 is 7.60 Å². The van der Waals surface area contributed by atoms with Crippen molar-refractivity contribution in [2.75, 3.05) is 12.7 Å². The molecule has 106 valence electrons. The Bertz CT molecular complexity index is 585. The number of nitrogens with zero attached hydrogens (tertiary/aromatic N) is 3. The molecule has 0 atom stereocenters. The smallest absolute Gasteiger partial charge is 0.811 e. The first-order chi connectivity index (χ1) is 9.28. The molecule has 0 unspecified atom stereocenters. The van der Waals surface area contributed by atoms with E-state index in [1.165, 1.54) is 0 Å². The first kappa shape index (κ1) is 25.7. The van der Waals surface area contributed by atoms with Crippen LogP contribution < -0.4 is 113 Å². The van der Waals surface area contributed by atoms with Gasteiger partial charge in [0.15, 0.2) is 0 Å². The van der Waals surface area contributed by atoms with E-state index in [0.717, 1.165) is 11.4 Å². The molecular formula is C13H14K2N3O3P. The summed E-state index contributed by atoms with van der Waals surface area (Å²) in [6.07, 6.45) is 3.30. The average molecular weight is 369 g/mol. The van der Waals surface area contributed by atoms with Crippen LogP contribution in [0.25, 0.3) is 9.69 Å². The van der Waals surface area contributed by atoms with Crippen LogP contribution in [0.3, 0.4) is 0 Å². The van der Waals surface area contributed by atoms with Gasteiger partial charge >= 0.3 is 109 Å². The predicted molar refractivity (Wildman–Crippen MR) is 71.5 cm³/mol. The Morgan fingerprint density at radius 1 is 1.18 bits per heavy atom. The summed E-state index contributed by atoms with van der Waals surface area (Å²) in [7, 11) is -4.46. The van der Waals surface area contributed by atoms with Gasteiger partial charge in [-0.3, -0.25) is 0 Å². The van der Waals surface area contributed by atoms with Crippen molar-refractivity contribution in [2.24, 2.45) is 0 Å². The van der Waals surface area contributed by atoms with Crippen LogP contribution in [-0.4, -0.2) is 17.6 Å². The Labute approximate surface area is 216 Å². The van der Waals surface area contributed by atoms with Crippen molar-refractivity contribution in [1.82, 2.24) is 4.90 Å². The Kier molecular flexibility index (Phi) is 13.9. The fraction of sp³-hybridized carbons (Fsp3) is 0.385. The number of rotatable bonds is 4. The molecule has 0 fully saturated rings. The minimum atomic E-state index is -4.46. The van der Waals surface area contributed by atoms with E-state index in [0.29, 0.717) is 12.1 Å². The quantitative estimate of drug-likeness (QED) is 0.284. The zero-order valence-electron chi connectivity index (χ0n) is 13.3. The van der Waals surface area contributed by atoms with Crippen molar-refractivity contribution in [3.05, 3.63) is 57.8 Å². The SMILES string of the molecule is [C-]#[N+]C([N+]#[C-])=C1C=C(C)N(CCCP(=O)([O-])[O-])C(C)=C1.[K+].[K+]. The Hall–Kier alpha value is 1.42. The second-order valence-corrected chi connectivity index (χ2v) is 6.08. The molecule has 0 saturated carbocycles. The standard InChI is InChI=1S/C13H16N3O3P.2K/c1-10-8-12(13(14-3)15-4)9-11(2)16(10)6-5-7-20(17,18)19;;/h8-9H,5-7H2,1-2H3,(H2,17,18,19);;/q;2*+1/p-2. The van der Waals surface area contributed by atoms with Crippen LogP contribution >= 0.6 is 7.60 Å². The predicted octanol–water partition coefficient (Wildman–Crippen LogP) is -4.53. The maximum Gasteiger partial charge on any atom is 1.00 e. The maximum absolute atomic E-state index is 10.6. The van der Waals surface area contributed by atoms with E-state index in [9.17, 15) is 14.4 Å². The molecule has 0 saturated heterocycles. The largest absolute Gasteiger partial charge is 1.00 e. The topological polar surface area (TPSA) is 75.2 Å². The van der Waals surface area contributed by atoms with Crippen LogP contribution in [0.15, 0.2) is 34.9 Å². The van der Waals surface area contributed by atoms with Gasteiger partial charge < -0.3 is 19.3 Å². The van der Waals surface area contributed by atoms with Gasteiger partial charge in [0, 0.05) is 17.9 Å². The van der Waals surface area contributed by atoms with Crippen LogP contribution in [-0.2, 0) is 4.57 Å². The normalized spacial score (nSPS) is 13.7. The molecule has 0 N–H and O–H groups in total. The van der Waals surface area contributed by atoms with Gasteiger partial charge in [0.25, 0.3) is 0 Å². The van der Waals surface area contributed by atoms with Gasteiger partial charge in [-0.15, -0.1) is 0 Å². The first-order valence-corrected chi connectivity index (χ1v) is 7.65. The zero-order valence-corrected chi connectivity index (χ0v) is 20.4. The third-order valence-corrected chi connectivity index (χ3v) is 3.73. The second-order valence-electron chi connectivity index (χ2n) is 4.41. The molecule has 1 aliphatic rings. The van der Waals surface area contributed by atoms with E-state index in [4.69, 9.17) is 13.1 Å². The summed E-state index contributed by atoms with van der Waals surface area (Å²) < 4.78 is 10.6. The van der Waals surface area contributed by atoms with Crippen molar-refractivity contribution in [3.63, 3.8) is 0 Å².